The molecule has 4 nitrogen and oxygen atoms in total. The van der Waals surface area contributed by atoms with Crippen molar-refractivity contribution in [1.82, 2.24) is 19.7 Å². The molecule has 90 valence electrons. The number of nitrogens with zero attached hydrogens (tertiary/aromatic N) is 4. The van der Waals surface area contributed by atoms with E-state index in [2.05, 4.69) is 38.8 Å². The molecule has 0 aliphatic heterocycles. The molecule has 0 N–H and O–H groups in total. The summed E-state index contributed by atoms with van der Waals surface area (Å²) in [5.41, 5.74) is 3.52. The SMILES string of the molecule is Cc1cn(-c2ncccn2)nc1Cc1ccsc1. The Hall–Kier alpha value is -2.01. The summed E-state index contributed by atoms with van der Waals surface area (Å²) in [4.78, 5) is 8.38. The van der Waals surface area contributed by atoms with Crippen LogP contribution in [0, 0.1) is 6.92 Å². The van der Waals surface area contributed by atoms with Crippen molar-refractivity contribution in [3.05, 3.63) is 58.3 Å². The normalized spacial score (nSPS) is 10.7. The fourth-order valence-electron chi connectivity index (χ4n) is 1.77. The molecule has 0 atom stereocenters. The number of hydrogen-bond acceptors (Lipinski definition) is 4. The maximum absolute atomic E-state index is 4.55. The molecule has 0 aliphatic rings. The topological polar surface area (TPSA) is 43.6 Å². The van der Waals surface area contributed by atoms with Crippen LogP contribution in [0.3, 0.4) is 0 Å². The lowest BCUT2D eigenvalue weighted by Gasteiger charge is -1.97. The molecule has 0 saturated carbocycles. The molecular formula is C13H12N4S. The molecule has 3 aromatic heterocycles. The van der Waals surface area contributed by atoms with Gasteiger partial charge in [0.25, 0.3) is 0 Å². The molecule has 0 radical (unpaired) electrons. The molecule has 3 rings (SSSR count). The second kappa shape index (κ2) is 4.70. The Bertz CT molecular complexity index is 628. The van der Waals surface area contributed by atoms with Gasteiger partial charge in [-0.1, -0.05) is 0 Å². The zero-order valence-electron chi connectivity index (χ0n) is 9.95. The van der Waals surface area contributed by atoms with E-state index in [4.69, 9.17) is 0 Å². The van der Waals surface area contributed by atoms with E-state index in [0.29, 0.717) is 5.95 Å². The highest BCUT2D eigenvalue weighted by Gasteiger charge is 2.08. The Balaban J connectivity index is 1.91. The smallest absolute Gasteiger partial charge is 0.220 e. The van der Waals surface area contributed by atoms with E-state index in [-0.39, 0.29) is 0 Å². The van der Waals surface area contributed by atoms with Gasteiger partial charge in [-0.3, -0.25) is 0 Å². The first-order chi connectivity index (χ1) is 8.83. The van der Waals surface area contributed by atoms with Crippen molar-refractivity contribution in [1.29, 1.82) is 0 Å². The summed E-state index contributed by atoms with van der Waals surface area (Å²) in [6, 6.07) is 3.92. The van der Waals surface area contributed by atoms with Gasteiger partial charge >= 0.3 is 0 Å². The Morgan fingerprint density at radius 3 is 2.83 bits per heavy atom. The number of hydrogen-bond donors (Lipinski definition) is 0. The zero-order valence-corrected chi connectivity index (χ0v) is 10.8. The average molecular weight is 256 g/mol. The molecule has 0 aromatic carbocycles. The fourth-order valence-corrected chi connectivity index (χ4v) is 2.44. The van der Waals surface area contributed by atoms with E-state index in [1.54, 1.807) is 34.5 Å². The summed E-state index contributed by atoms with van der Waals surface area (Å²) in [6.07, 6.45) is 6.27. The van der Waals surface area contributed by atoms with E-state index in [9.17, 15) is 0 Å². The molecular weight excluding hydrogens is 244 g/mol. The molecule has 5 heteroatoms. The van der Waals surface area contributed by atoms with E-state index in [1.165, 1.54) is 5.56 Å². The van der Waals surface area contributed by atoms with E-state index in [1.807, 2.05) is 6.20 Å². The van der Waals surface area contributed by atoms with Gasteiger partial charge in [0.05, 0.1) is 5.69 Å². The highest BCUT2D eigenvalue weighted by molar-refractivity contribution is 7.07. The summed E-state index contributed by atoms with van der Waals surface area (Å²) in [7, 11) is 0. The van der Waals surface area contributed by atoms with Gasteiger partial charge in [-0.15, -0.1) is 0 Å². The molecule has 3 heterocycles. The van der Waals surface area contributed by atoms with Crippen molar-refractivity contribution < 1.29 is 0 Å². The van der Waals surface area contributed by atoms with Gasteiger partial charge in [-0.2, -0.15) is 16.4 Å². The van der Waals surface area contributed by atoms with Crippen LogP contribution in [0.5, 0.6) is 0 Å². The molecule has 0 aliphatic carbocycles. The van der Waals surface area contributed by atoms with Crippen LogP contribution in [-0.2, 0) is 6.42 Å². The van der Waals surface area contributed by atoms with Gasteiger partial charge in [-0.25, -0.2) is 14.6 Å². The molecule has 0 amide bonds. The van der Waals surface area contributed by atoms with Crippen LogP contribution in [0.15, 0.2) is 41.5 Å². The Morgan fingerprint density at radius 2 is 2.11 bits per heavy atom. The summed E-state index contributed by atoms with van der Waals surface area (Å²) in [6.45, 7) is 2.06. The highest BCUT2D eigenvalue weighted by Crippen LogP contribution is 2.15. The van der Waals surface area contributed by atoms with Crippen molar-refractivity contribution in [2.75, 3.05) is 0 Å². The number of aryl methyl sites for hydroxylation is 1. The number of thiophene rings is 1. The first-order valence-electron chi connectivity index (χ1n) is 5.66. The second-order valence-electron chi connectivity index (χ2n) is 4.06. The lowest BCUT2D eigenvalue weighted by atomic mass is 10.1. The molecule has 0 bridgehead atoms. The Kier molecular flexibility index (Phi) is 2.90. The van der Waals surface area contributed by atoms with Crippen molar-refractivity contribution in [3.63, 3.8) is 0 Å². The Labute approximate surface area is 109 Å². The Morgan fingerprint density at radius 1 is 1.28 bits per heavy atom. The first-order valence-corrected chi connectivity index (χ1v) is 6.61. The van der Waals surface area contributed by atoms with Gasteiger partial charge in [-0.05, 0) is 40.9 Å². The summed E-state index contributed by atoms with van der Waals surface area (Å²) >= 11 is 1.71. The fraction of sp³-hybridized carbons (Fsp3) is 0.154. The third kappa shape index (κ3) is 2.17. The molecule has 3 aromatic rings. The third-order valence-electron chi connectivity index (χ3n) is 2.71. The van der Waals surface area contributed by atoms with Crippen LogP contribution in [-0.4, -0.2) is 19.7 Å². The summed E-state index contributed by atoms with van der Waals surface area (Å²) in [5.74, 6) is 0.608. The van der Waals surface area contributed by atoms with Gasteiger partial charge in [0.1, 0.15) is 0 Å². The van der Waals surface area contributed by atoms with Gasteiger partial charge < -0.3 is 0 Å². The zero-order chi connectivity index (χ0) is 12.4. The maximum Gasteiger partial charge on any atom is 0.250 e. The quantitative estimate of drug-likeness (QED) is 0.723. The monoisotopic (exact) mass is 256 g/mol. The van der Waals surface area contributed by atoms with Crippen LogP contribution >= 0.6 is 11.3 Å². The van der Waals surface area contributed by atoms with Crippen LogP contribution in [0.2, 0.25) is 0 Å². The standard InChI is InChI=1S/C13H12N4S/c1-10-8-17(13-14-4-2-5-15-13)16-12(10)7-11-3-6-18-9-11/h2-6,8-9H,7H2,1H3. The van der Waals surface area contributed by atoms with Crippen LogP contribution in [0.4, 0.5) is 0 Å². The number of rotatable bonds is 3. The minimum Gasteiger partial charge on any atom is -0.220 e. The van der Waals surface area contributed by atoms with E-state index in [0.717, 1.165) is 17.7 Å². The number of aromatic nitrogens is 4. The molecule has 0 fully saturated rings. The summed E-state index contributed by atoms with van der Waals surface area (Å²) < 4.78 is 1.73. The minimum atomic E-state index is 0.608. The first kappa shape index (κ1) is 11.1. The van der Waals surface area contributed by atoms with E-state index >= 15 is 0 Å². The highest BCUT2D eigenvalue weighted by atomic mass is 32.1. The molecule has 0 saturated heterocycles. The van der Waals surface area contributed by atoms with Crippen molar-refractivity contribution in [2.45, 2.75) is 13.3 Å². The van der Waals surface area contributed by atoms with Gasteiger partial charge in [0.2, 0.25) is 5.95 Å². The predicted molar refractivity (Wildman–Crippen MR) is 71.0 cm³/mol. The van der Waals surface area contributed by atoms with Crippen LogP contribution in [0.1, 0.15) is 16.8 Å². The average Bonchev–Trinajstić information content (AvgIpc) is 3.02. The predicted octanol–water partition coefficient (Wildman–Crippen LogP) is 2.62. The lowest BCUT2D eigenvalue weighted by molar-refractivity contribution is 0.789. The van der Waals surface area contributed by atoms with Crippen molar-refractivity contribution in [3.8, 4) is 5.95 Å². The van der Waals surface area contributed by atoms with Crippen LogP contribution in [0.25, 0.3) is 5.95 Å². The minimum absolute atomic E-state index is 0.608. The van der Waals surface area contributed by atoms with Crippen molar-refractivity contribution in [2.24, 2.45) is 0 Å². The third-order valence-corrected chi connectivity index (χ3v) is 3.44. The maximum atomic E-state index is 4.55. The summed E-state index contributed by atoms with van der Waals surface area (Å²) in [5, 5.41) is 8.79. The molecule has 0 unspecified atom stereocenters. The largest absolute Gasteiger partial charge is 0.250 e. The van der Waals surface area contributed by atoms with Crippen molar-refractivity contribution >= 4 is 11.3 Å². The van der Waals surface area contributed by atoms with E-state index < -0.39 is 0 Å². The van der Waals surface area contributed by atoms with Gasteiger partial charge in [0, 0.05) is 25.0 Å². The molecule has 18 heavy (non-hydrogen) atoms. The van der Waals surface area contributed by atoms with Gasteiger partial charge in [0.15, 0.2) is 0 Å². The second-order valence-corrected chi connectivity index (χ2v) is 4.84. The van der Waals surface area contributed by atoms with Crippen LogP contribution < -0.4 is 0 Å². The molecule has 0 spiro atoms. The lowest BCUT2D eigenvalue weighted by Crippen LogP contribution is -2.01.